The van der Waals surface area contributed by atoms with Crippen LogP contribution in [0.5, 0.6) is 0 Å². The van der Waals surface area contributed by atoms with Gasteiger partial charge in [-0.1, -0.05) is 17.3 Å². The molecule has 0 unspecified atom stereocenters. The molecule has 8 heteroatoms. The summed E-state index contributed by atoms with van der Waals surface area (Å²) < 4.78 is 18.4. The van der Waals surface area contributed by atoms with Crippen molar-refractivity contribution in [3.05, 3.63) is 35.5 Å². The van der Waals surface area contributed by atoms with Crippen LogP contribution in [-0.4, -0.2) is 22.6 Å². The average Bonchev–Trinajstić information content (AvgIpc) is 2.88. The fraction of sp³-hybridized carbons (Fsp3) is 0.250. The van der Waals surface area contributed by atoms with Crippen molar-refractivity contribution >= 4 is 18.3 Å². The molecule has 1 aromatic heterocycles. The Morgan fingerprint density at radius 2 is 2.25 bits per heavy atom. The molecule has 6 nitrogen and oxygen atoms in total. The first-order valence-corrected chi connectivity index (χ1v) is 5.66. The first kappa shape index (κ1) is 16.1. The Balaban J connectivity index is 0.00000200. The molecule has 0 aliphatic heterocycles. The Morgan fingerprint density at radius 3 is 2.90 bits per heavy atom. The van der Waals surface area contributed by atoms with E-state index in [9.17, 15) is 9.18 Å². The zero-order chi connectivity index (χ0) is 13.8. The second kappa shape index (κ2) is 6.97. The van der Waals surface area contributed by atoms with Crippen LogP contribution in [0.3, 0.4) is 0 Å². The molecule has 0 aliphatic rings. The van der Waals surface area contributed by atoms with Crippen molar-refractivity contribution < 1.29 is 13.7 Å². The van der Waals surface area contributed by atoms with Crippen molar-refractivity contribution in [2.24, 2.45) is 5.73 Å². The second-order valence-corrected chi connectivity index (χ2v) is 3.96. The lowest BCUT2D eigenvalue weighted by atomic mass is 10.1. The van der Waals surface area contributed by atoms with Gasteiger partial charge in [0.1, 0.15) is 5.82 Å². The Bertz CT molecular complexity index is 603. The van der Waals surface area contributed by atoms with E-state index >= 15 is 0 Å². The summed E-state index contributed by atoms with van der Waals surface area (Å²) in [6.45, 7) is 1.66. The van der Waals surface area contributed by atoms with Crippen LogP contribution < -0.4 is 11.1 Å². The first-order chi connectivity index (χ1) is 9.10. The molecule has 3 N–H and O–H groups in total. The van der Waals surface area contributed by atoms with Crippen LogP contribution in [0.1, 0.15) is 11.5 Å². The third-order valence-corrected chi connectivity index (χ3v) is 2.52. The summed E-state index contributed by atoms with van der Waals surface area (Å²) in [5.74, 6) is -0.143. The largest absolute Gasteiger partial charge is 0.346 e. The van der Waals surface area contributed by atoms with E-state index in [0.29, 0.717) is 11.1 Å². The number of nitrogens with two attached hydrogens (primary N) is 1. The molecule has 0 radical (unpaired) electrons. The molecule has 0 fully saturated rings. The predicted molar refractivity (Wildman–Crippen MR) is 72.6 cm³/mol. The van der Waals surface area contributed by atoms with Crippen molar-refractivity contribution in [2.45, 2.75) is 13.5 Å². The van der Waals surface area contributed by atoms with Gasteiger partial charge in [0.2, 0.25) is 17.6 Å². The number of carbonyl (C=O) groups is 1. The van der Waals surface area contributed by atoms with E-state index in [4.69, 9.17) is 10.3 Å². The Kier molecular flexibility index (Phi) is 5.60. The number of nitrogens with one attached hydrogen (secondary N) is 1. The third-order valence-electron chi connectivity index (χ3n) is 2.52. The molecule has 1 amide bonds. The molecule has 0 spiro atoms. The van der Waals surface area contributed by atoms with E-state index in [1.807, 2.05) is 0 Å². The molecular formula is C12H14ClFN4O2. The fourth-order valence-electron chi connectivity index (χ4n) is 1.42. The highest BCUT2D eigenvalue weighted by Crippen LogP contribution is 2.18. The highest BCUT2D eigenvalue weighted by molar-refractivity contribution is 5.85. The highest BCUT2D eigenvalue weighted by Gasteiger charge is 2.10. The zero-order valence-corrected chi connectivity index (χ0v) is 11.5. The SMILES string of the molecule is Cc1ccc(-c2noc(CNC(=O)CN)n2)cc1F.Cl. The molecule has 0 atom stereocenters. The number of amides is 1. The summed E-state index contributed by atoms with van der Waals surface area (Å²) in [4.78, 5) is 15.0. The van der Waals surface area contributed by atoms with Gasteiger partial charge in [0.25, 0.3) is 0 Å². The van der Waals surface area contributed by atoms with Gasteiger partial charge in [-0.05, 0) is 18.6 Å². The monoisotopic (exact) mass is 300 g/mol. The molecule has 2 rings (SSSR count). The van der Waals surface area contributed by atoms with Crippen LogP contribution in [0.2, 0.25) is 0 Å². The molecule has 0 saturated carbocycles. The van der Waals surface area contributed by atoms with Crippen LogP contribution in [-0.2, 0) is 11.3 Å². The van der Waals surface area contributed by atoms with E-state index in [1.165, 1.54) is 6.07 Å². The van der Waals surface area contributed by atoms with Crippen molar-refractivity contribution in [3.63, 3.8) is 0 Å². The number of hydrogen-bond acceptors (Lipinski definition) is 5. The molecule has 0 aliphatic carbocycles. The Morgan fingerprint density at radius 1 is 1.50 bits per heavy atom. The summed E-state index contributed by atoms with van der Waals surface area (Å²) in [6.07, 6.45) is 0. The van der Waals surface area contributed by atoms with Gasteiger partial charge in [0.05, 0.1) is 13.1 Å². The molecule has 2 aromatic rings. The van der Waals surface area contributed by atoms with E-state index in [0.717, 1.165) is 0 Å². The Hall–Kier alpha value is -1.99. The standard InChI is InChI=1S/C12H13FN4O2.ClH/c1-7-2-3-8(4-9(7)13)12-16-11(19-17-12)6-15-10(18)5-14;/h2-4H,5-6,14H2,1H3,(H,15,18);1H. The van der Waals surface area contributed by atoms with Gasteiger partial charge in [0.15, 0.2) is 0 Å². The normalized spacial score (nSPS) is 9.95. The van der Waals surface area contributed by atoms with Gasteiger partial charge in [-0.2, -0.15) is 4.98 Å². The minimum absolute atomic E-state index is 0. The fourth-order valence-corrected chi connectivity index (χ4v) is 1.42. The van der Waals surface area contributed by atoms with Crippen molar-refractivity contribution in [1.82, 2.24) is 15.5 Å². The number of rotatable bonds is 4. The van der Waals surface area contributed by atoms with Gasteiger partial charge >= 0.3 is 0 Å². The van der Waals surface area contributed by atoms with Crippen molar-refractivity contribution in [3.8, 4) is 11.4 Å². The number of aromatic nitrogens is 2. The summed E-state index contributed by atoms with van der Waals surface area (Å²) in [5.41, 5.74) is 6.20. The van der Waals surface area contributed by atoms with E-state index in [-0.39, 0.29) is 48.9 Å². The topological polar surface area (TPSA) is 94.0 Å². The maximum absolute atomic E-state index is 13.4. The van der Waals surface area contributed by atoms with E-state index < -0.39 is 0 Å². The smallest absolute Gasteiger partial charge is 0.246 e. The van der Waals surface area contributed by atoms with Crippen LogP contribution in [0.25, 0.3) is 11.4 Å². The molecule has 20 heavy (non-hydrogen) atoms. The average molecular weight is 301 g/mol. The van der Waals surface area contributed by atoms with Gasteiger partial charge < -0.3 is 15.6 Å². The molecule has 0 saturated heterocycles. The number of carbonyl (C=O) groups excluding carboxylic acids is 1. The number of aryl methyl sites for hydroxylation is 1. The van der Waals surface area contributed by atoms with E-state index in [2.05, 4.69) is 15.5 Å². The van der Waals surface area contributed by atoms with Crippen molar-refractivity contribution in [1.29, 1.82) is 0 Å². The van der Waals surface area contributed by atoms with Gasteiger partial charge in [0, 0.05) is 5.56 Å². The first-order valence-electron chi connectivity index (χ1n) is 5.66. The molecule has 108 valence electrons. The molecule has 1 heterocycles. The number of nitrogens with zero attached hydrogens (tertiary/aromatic N) is 2. The van der Waals surface area contributed by atoms with Gasteiger partial charge in [-0.3, -0.25) is 4.79 Å². The zero-order valence-electron chi connectivity index (χ0n) is 10.7. The predicted octanol–water partition coefficient (Wildman–Crippen LogP) is 1.18. The van der Waals surface area contributed by atoms with E-state index in [1.54, 1.807) is 19.1 Å². The maximum Gasteiger partial charge on any atom is 0.246 e. The minimum Gasteiger partial charge on any atom is -0.346 e. The summed E-state index contributed by atoms with van der Waals surface area (Å²) in [7, 11) is 0. The van der Waals surface area contributed by atoms with Crippen LogP contribution in [0.15, 0.2) is 22.7 Å². The Labute approximate surface area is 121 Å². The van der Waals surface area contributed by atoms with Gasteiger partial charge in [-0.25, -0.2) is 4.39 Å². The van der Waals surface area contributed by atoms with Crippen LogP contribution in [0, 0.1) is 12.7 Å². The minimum atomic E-state index is -0.333. The summed E-state index contributed by atoms with van der Waals surface area (Å²) >= 11 is 0. The number of halogens is 2. The van der Waals surface area contributed by atoms with Crippen LogP contribution in [0.4, 0.5) is 4.39 Å². The number of benzene rings is 1. The lowest BCUT2D eigenvalue weighted by Crippen LogP contribution is -2.29. The second-order valence-electron chi connectivity index (χ2n) is 3.96. The molecule has 1 aromatic carbocycles. The lowest BCUT2D eigenvalue weighted by Gasteiger charge is -1.98. The number of hydrogen-bond donors (Lipinski definition) is 2. The lowest BCUT2D eigenvalue weighted by molar-refractivity contribution is -0.120. The third kappa shape index (κ3) is 3.75. The highest BCUT2D eigenvalue weighted by atomic mass is 35.5. The molecular weight excluding hydrogens is 287 g/mol. The summed E-state index contributed by atoms with van der Waals surface area (Å²) in [5, 5.41) is 6.23. The quantitative estimate of drug-likeness (QED) is 0.884. The summed E-state index contributed by atoms with van der Waals surface area (Å²) in [6, 6.07) is 4.67. The van der Waals surface area contributed by atoms with Crippen molar-refractivity contribution in [2.75, 3.05) is 6.54 Å². The molecule has 0 bridgehead atoms. The van der Waals surface area contributed by atoms with Crippen LogP contribution >= 0.6 is 12.4 Å². The van der Waals surface area contributed by atoms with Gasteiger partial charge in [-0.15, -0.1) is 12.4 Å². The maximum atomic E-state index is 13.4.